The van der Waals surface area contributed by atoms with Gasteiger partial charge in [-0.05, 0) is 48.7 Å². The third-order valence-electron chi connectivity index (χ3n) is 4.72. The molecule has 0 bridgehead atoms. The van der Waals surface area contributed by atoms with Crippen LogP contribution in [-0.4, -0.2) is 27.4 Å². The fourth-order valence-corrected chi connectivity index (χ4v) is 4.81. The highest BCUT2D eigenvalue weighted by molar-refractivity contribution is 7.92. The molecule has 0 fully saturated rings. The van der Waals surface area contributed by atoms with Gasteiger partial charge in [0.25, 0.3) is 10.0 Å². The van der Waals surface area contributed by atoms with E-state index in [2.05, 4.69) is 5.32 Å². The van der Waals surface area contributed by atoms with Crippen LogP contribution >= 0.6 is 11.6 Å². The fraction of sp³-hybridized carbons (Fsp3) is 0.227. The van der Waals surface area contributed by atoms with E-state index in [9.17, 15) is 26.4 Å². The van der Waals surface area contributed by atoms with Crippen LogP contribution in [0.15, 0.2) is 77.2 Å². The van der Waals surface area contributed by atoms with Crippen LogP contribution in [0, 0.1) is 0 Å². The smallest absolute Gasteiger partial charge is 0.350 e. The van der Waals surface area contributed by atoms with Crippen molar-refractivity contribution in [2.75, 3.05) is 17.4 Å². The molecule has 0 aromatic heterocycles. The quantitative estimate of drug-likeness (QED) is 0.605. The summed E-state index contributed by atoms with van der Waals surface area (Å²) in [5, 5.41) is 2.38. The molecular weight excluding hydrogens is 465 g/mol. The van der Waals surface area contributed by atoms with Crippen molar-refractivity contribution in [1.82, 2.24) is 5.32 Å². The van der Waals surface area contributed by atoms with Crippen molar-refractivity contribution in [2.45, 2.75) is 23.9 Å². The van der Waals surface area contributed by atoms with Gasteiger partial charge >= 0.3 is 6.18 Å². The van der Waals surface area contributed by atoms with Crippen LogP contribution in [0.4, 0.5) is 18.9 Å². The summed E-state index contributed by atoms with van der Waals surface area (Å²) in [6.07, 6.45) is 2.76. The summed E-state index contributed by atoms with van der Waals surface area (Å²) in [7, 11) is -4.39. The van der Waals surface area contributed by atoms with Crippen LogP contribution in [0.3, 0.4) is 0 Å². The van der Waals surface area contributed by atoms with Crippen molar-refractivity contribution in [2.24, 2.45) is 0 Å². The second kappa shape index (κ2) is 9.79. The molecule has 10 heteroatoms. The summed E-state index contributed by atoms with van der Waals surface area (Å²) in [4.78, 5) is 12.4. The van der Waals surface area contributed by atoms with Gasteiger partial charge in [0, 0.05) is 6.54 Å². The number of benzene rings is 2. The summed E-state index contributed by atoms with van der Waals surface area (Å²) >= 11 is 6.09. The molecule has 0 radical (unpaired) electrons. The van der Waals surface area contributed by atoms with Gasteiger partial charge in [0.15, 0.2) is 0 Å². The summed E-state index contributed by atoms with van der Waals surface area (Å²) in [5.41, 5.74) is -0.653. The third-order valence-corrected chi connectivity index (χ3v) is 6.82. The Morgan fingerprint density at radius 1 is 1.09 bits per heavy atom. The van der Waals surface area contributed by atoms with Gasteiger partial charge in [-0.25, -0.2) is 8.42 Å². The Morgan fingerprint density at radius 3 is 2.44 bits per heavy atom. The van der Waals surface area contributed by atoms with Gasteiger partial charge in [0.1, 0.15) is 6.54 Å². The zero-order valence-electron chi connectivity index (χ0n) is 16.8. The van der Waals surface area contributed by atoms with Crippen molar-refractivity contribution in [3.8, 4) is 0 Å². The van der Waals surface area contributed by atoms with E-state index in [1.54, 1.807) is 6.07 Å². The van der Waals surface area contributed by atoms with Crippen LogP contribution in [0.2, 0.25) is 5.02 Å². The maximum Gasteiger partial charge on any atom is 0.416 e. The molecule has 2 aromatic carbocycles. The van der Waals surface area contributed by atoms with E-state index < -0.39 is 39.9 Å². The molecule has 0 spiro atoms. The summed E-state index contributed by atoms with van der Waals surface area (Å²) in [6, 6.07) is 9.46. The minimum Gasteiger partial charge on any atom is -0.350 e. The first kappa shape index (κ1) is 23.9. The first-order valence-corrected chi connectivity index (χ1v) is 11.5. The zero-order valence-corrected chi connectivity index (χ0v) is 18.3. The molecule has 0 saturated carbocycles. The lowest BCUT2D eigenvalue weighted by Crippen LogP contribution is -2.41. The second-order valence-electron chi connectivity index (χ2n) is 7.02. The Kier molecular flexibility index (Phi) is 7.30. The van der Waals surface area contributed by atoms with E-state index in [1.165, 1.54) is 24.3 Å². The summed E-state index contributed by atoms with van der Waals surface area (Å²) < 4.78 is 66.9. The van der Waals surface area contributed by atoms with Crippen LogP contribution in [-0.2, 0) is 21.0 Å². The van der Waals surface area contributed by atoms with Gasteiger partial charge in [0.05, 0.1) is 21.2 Å². The van der Waals surface area contributed by atoms with Crippen molar-refractivity contribution < 1.29 is 26.4 Å². The summed E-state index contributed by atoms with van der Waals surface area (Å²) in [6.45, 7) is -0.569. The van der Waals surface area contributed by atoms with Crippen LogP contribution < -0.4 is 9.62 Å². The number of sulfonamides is 1. The Morgan fingerprint density at radius 2 is 1.81 bits per heavy atom. The molecule has 1 aliphatic carbocycles. The fourth-order valence-electron chi connectivity index (χ4n) is 3.09. The van der Waals surface area contributed by atoms with E-state index in [0.29, 0.717) is 10.4 Å². The highest BCUT2D eigenvalue weighted by Crippen LogP contribution is 2.37. The lowest BCUT2D eigenvalue weighted by molar-refractivity contribution is -0.137. The third kappa shape index (κ3) is 5.72. The maximum absolute atomic E-state index is 13.3. The highest BCUT2D eigenvalue weighted by Gasteiger charge is 2.34. The molecule has 1 N–H and O–H groups in total. The van der Waals surface area contributed by atoms with Crippen molar-refractivity contribution in [1.29, 1.82) is 0 Å². The predicted octanol–water partition coefficient (Wildman–Crippen LogP) is 4.95. The van der Waals surface area contributed by atoms with Gasteiger partial charge in [0.2, 0.25) is 5.91 Å². The minimum atomic E-state index is -4.72. The number of anilines is 1. The molecule has 3 rings (SSSR count). The Labute approximate surface area is 189 Å². The molecule has 0 atom stereocenters. The number of nitrogens with one attached hydrogen (secondary N) is 1. The first-order valence-electron chi connectivity index (χ1n) is 9.66. The van der Waals surface area contributed by atoms with Crippen molar-refractivity contribution in [3.63, 3.8) is 0 Å². The largest absolute Gasteiger partial charge is 0.416 e. The normalized spacial score (nSPS) is 14.1. The highest BCUT2D eigenvalue weighted by atomic mass is 35.5. The number of rotatable bonds is 7. The SMILES string of the molecule is O=C(CN(c1cc(C(F)(F)F)ccc1Cl)S(=O)(=O)c1ccccc1)NCC1=CCCC=C1. The predicted molar refractivity (Wildman–Crippen MR) is 117 cm³/mol. The monoisotopic (exact) mass is 484 g/mol. The van der Waals surface area contributed by atoms with E-state index in [0.717, 1.165) is 30.5 Å². The number of hydrogen-bond acceptors (Lipinski definition) is 3. The zero-order chi connectivity index (χ0) is 23.4. The minimum absolute atomic E-state index is 0.172. The molecule has 0 unspecified atom stereocenters. The van der Waals surface area contributed by atoms with E-state index in [4.69, 9.17) is 11.6 Å². The number of alkyl halides is 3. The van der Waals surface area contributed by atoms with Gasteiger partial charge in [-0.2, -0.15) is 13.2 Å². The van der Waals surface area contributed by atoms with E-state index in [-0.39, 0.29) is 16.5 Å². The Hall–Kier alpha value is -2.78. The molecule has 1 aliphatic rings. The number of carbonyl (C=O) groups is 1. The molecule has 0 saturated heterocycles. The standard InChI is InChI=1S/C22H20ClF3N2O3S/c23-19-12-11-17(22(24,25)26)13-20(19)28(32(30,31)18-9-5-2-6-10-18)15-21(29)27-14-16-7-3-1-4-8-16/h2-3,5-13H,1,4,14-15H2,(H,27,29). The van der Waals surface area contributed by atoms with E-state index in [1.807, 2.05) is 18.2 Å². The van der Waals surface area contributed by atoms with Gasteiger partial charge in [-0.3, -0.25) is 9.10 Å². The van der Waals surface area contributed by atoms with Crippen LogP contribution in [0.25, 0.3) is 0 Å². The first-order chi connectivity index (χ1) is 15.1. The lowest BCUT2D eigenvalue weighted by Gasteiger charge is -2.26. The van der Waals surface area contributed by atoms with Gasteiger partial charge in [-0.1, -0.05) is 48.0 Å². The maximum atomic E-state index is 13.3. The van der Waals surface area contributed by atoms with Crippen molar-refractivity contribution in [3.05, 3.63) is 82.9 Å². The number of allylic oxidation sites excluding steroid dienone is 2. The number of hydrogen-bond donors (Lipinski definition) is 1. The number of halogens is 4. The van der Waals surface area contributed by atoms with E-state index >= 15 is 0 Å². The van der Waals surface area contributed by atoms with Crippen LogP contribution in [0.1, 0.15) is 18.4 Å². The van der Waals surface area contributed by atoms with Crippen molar-refractivity contribution >= 4 is 33.2 Å². The number of carbonyl (C=O) groups excluding carboxylic acids is 1. The average Bonchev–Trinajstić information content (AvgIpc) is 2.77. The topological polar surface area (TPSA) is 66.5 Å². The molecule has 170 valence electrons. The molecule has 0 aliphatic heterocycles. The van der Waals surface area contributed by atoms with Gasteiger partial charge < -0.3 is 5.32 Å². The molecule has 2 aromatic rings. The number of nitrogens with zero attached hydrogens (tertiary/aromatic N) is 1. The molecule has 0 heterocycles. The van der Waals surface area contributed by atoms with Crippen LogP contribution in [0.5, 0.6) is 0 Å². The summed E-state index contributed by atoms with van der Waals surface area (Å²) in [5.74, 6) is -0.683. The average molecular weight is 485 g/mol. The second-order valence-corrected chi connectivity index (χ2v) is 9.29. The Balaban J connectivity index is 1.96. The molecule has 32 heavy (non-hydrogen) atoms. The number of amides is 1. The van der Waals surface area contributed by atoms with Gasteiger partial charge in [-0.15, -0.1) is 0 Å². The molecular formula is C22H20ClF3N2O3S. The molecule has 5 nitrogen and oxygen atoms in total. The molecule has 1 amide bonds. The lowest BCUT2D eigenvalue weighted by atomic mass is 10.1. The Bertz CT molecular complexity index is 1150.